The van der Waals surface area contributed by atoms with Crippen molar-refractivity contribution in [1.29, 1.82) is 0 Å². The molecule has 0 saturated carbocycles. The highest BCUT2D eigenvalue weighted by molar-refractivity contribution is 5.24. The second kappa shape index (κ2) is 14.9. The fourth-order valence-corrected chi connectivity index (χ4v) is 3.50. The lowest BCUT2D eigenvalue weighted by Crippen LogP contribution is -2.01. The molecule has 0 aliphatic rings. The zero-order valence-corrected chi connectivity index (χ0v) is 17.6. The highest BCUT2D eigenvalue weighted by atomic mass is 16.5. The first-order valence-electron chi connectivity index (χ1n) is 11.0. The predicted molar refractivity (Wildman–Crippen MR) is 115 cm³/mol. The molecule has 0 saturated heterocycles. The van der Waals surface area contributed by atoms with Crippen LogP contribution in [0.5, 0.6) is 0 Å². The van der Waals surface area contributed by atoms with Crippen LogP contribution in [-0.4, -0.2) is 0 Å². The largest absolute Gasteiger partial charge is 0.494 e. The summed E-state index contributed by atoms with van der Waals surface area (Å²) in [5.74, 6) is 0.836. The Balaban J connectivity index is 2.35. The summed E-state index contributed by atoms with van der Waals surface area (Å²) in [5, 5.41) is 0. The fraction of sp³-hybridized carbons (Fsp3) is 0.680. The molecule has 0 amide bonds. The van der Waals surface area contributed by atoms with E-state index in [1.807, 2.05) is 0 Å². The van der Waals surface area contributed by atoms with Crippen molar-refractivity contribution in [2.45, 2.75) is 104 Å². The first kappa shape index (κ1) is 22.8. The van der Waals surface area contributed by atoms with Crippen LogP contribution in [0, 0.1) is 5.92 Å². The molecular weight excluding hydrogens is 316 g/mol. The Bertz CT molecular complexity index is 446. The van der Waals surface area contributed by atoms with E-state index >= 15 is 0 Å². The molecule has 0 aromatic heterocycles. The first-order chi connectivity index (χ1) is 12.7. The third-order valence-corrected chi connectivity index (χ3v) is 5.18. The van der Waals surface area contributed by atoms with Gasteiger partial charge in [-0.1, -0.05) is 103 Å². The molecule has 0 N–H and O–H groups in total. The maximum atomic E-state index is 5.79. The van der Waals surface area contributed by atoms with Gasteiger partial charge in [-0.05, 0) is 42.7 Å². The third-order valence-electron chi connectivity index (χ3n) is 5.18. The average Bonchev–Trinajstić information content (AvgIpc) is 2.64. The molecule has 1 nitrogen and oxygen atoms in total. The van der Waals surface area contributed by atoms with Gasteiger partial charge in [0.2, 0.25) is 0 Å². The third kappa shape index (κ3) is 10.7. The lowest BCUT2D eigenvalue weighted by Gasteiger charge is -2.17. The minimum Gasteiger partial charge on any atom is -0.494 e. The van der Waals surface area contributed by atoms with Gasteiger partial charge in [0.05, 0.1) is 6.26 Å². The lowest BCUT2D eigenvalue weighted by molar-refractivity contribution is 0.134. The van der Waals surface area contributed by atoms with Crippen molar-refractivity contribution in [1.82, 2.24) is 0 Å². The molecule has 26 heavy (non-hydrogen) atoms. The molecule has 0 aliphatic heterocycles. The van der Waals surface area contributed by atoms with Gasteiger partial charge in [0.1, 0.15) is 6.10 Å². The van der Waals surface area contributed by atoms with Gasteiger partial charge < -0.3 is 4.74 Å². The highest BCUT2D eigenvalue weighted by Crippen LogP contribution is 2.25. The van der Waals surface area contributed by atoms with Crippen LogP contribution in [0.1, 0.15) is 109 Å². The van der Waals surface area contributed by atoms with Gasteiger partial charge in [-0.3, -0.25) is 0 Å². The number of hydrogen-bond acceptors (Lipinski definition) is 1. The predicted octanol–water partition coefficient (Wildman–Crippen LogP) is 8.40. The van der Waals surface area contributed by atoms with E-state index in [4.69, 9.17) is 4.74 Å². The Labute approximate surface area is 163 Å². The zero-order chi connectivity index (χ0) is 19.0. The van der Waals surface area contributed by atoms with Gasteiger partial charge in [-0.2, -0.15) is 0 Å². The molecule has 0 heterocycles. The van der Waals surface area contributed by atoms with Crippen molar-refractivity contribution in [3.63, 3.8) is 0 Å². The molecule has 1 rings (SSSR count). The zero-order valence-electron chi connectivity index (χ0n) is 17.6. The molecule has 1 atom stereocenters. The summed E-state index contributed by atoms with van der Waals surface area (Å²) < 4.78 is 5.79. The Hall–Kier alpha value is -1.24. The smallest absolute Gasteiger partial charge is 0.123 e. The van der Waals surface area contributed by atoms with Crippen molar-refractivity contribution >= 4 is 0 Å². The van der Waals surface area contributed by atoms with Crippen molar-refractivity contribution in [2.24, 2.45) is 5.92 Å². The Morgan fingerprint density at radius 1 is 0.846 bits per heavy atom. The summed E-state index contributed by atoms with van der Waals surface area (Å²) in [6, 6.07) is 9.10. The van der Waals surface area contributed by atoms with Crippen LogP contribution in [-0.2, 0) is 11.2 Å². The minimum atomic E-state index is 0.166. The van der Waals surface area contributed by atoms with Gasteiger partial charge >= 0.3 is 0 Å². The molecule has 1 heteroatoms. The Morgan fingerprint density at radius 3 is 2.12 bits per heavy atom. The van der Waals surface area contributed by atoms with Crippen molar-refractivity contribution in [3.8, 4) is 0 Å². The van der Waals surface area contributed by atoms with E-state index in [9.17, 15) is 0 Å². The van der Waals surface area contributed by atoms with Crippen molar-refractivity contribution < 1.29 is 4.74 Å². The SMILES string of the molecule is C=COC(CCCCCCCC)c1ccc(CCCCCC(C)C)cc1. The molecule has 0 radical (unpaired) electrons. The molecule has 1 unspecified atom stereocenters. The molecule has 1 aromatic rings. The Morgan fingerprint density at radius 2 is 1.46 bits per heavy atom. The van der Waals surface area contributed by atoms with Crippen molar-refractivity contribution in [3.05, 3.63) is 48.2 Å². The van der Waals surface area contributed by atoms with Crippen LogP contribution in [0.3, 0.4) is 0 Å². The van der Waals surface area contributed by atoms with E-state index in [0.717, 1.165) is 12.3 Å². The van der Waals surface area contributed by atoms with E-state index < -0.39 is 0 Å². The van der Waals surface area contributed by atoms with E-state index in [0.29, 0.717) is 0 Å². The van der Waals surface area contributed by atoms with Crippen molar-refractivity contribution in [2.75, 3.05) is 0 Å². The maximum absolute atomic E-state index is 5.79. The standard InChI is InChI=1S/C25H42O/c1-5-7-8-9-10-14-17-25(26-6-2)24-20-18-23(19-21-24)16-13-11-12-15-22(3)4/h6,18-22,25H,2,5,7-17H2,1,3-4H3. The number of benzene rings is 1. The summed E-state index contributed by atoms with van der Waals surface area (Å²) in [7, 11) is 0. The van der Waals surface area contributed by atoms with Crippen LogP contribution in [0.2, 0.25) is 0 Å². The topological polar surface area (TPSA) is 9.23 Å². The van der Waals surface area contributed by atoms with Gasteiger partial charge in [-0.25, -0.2) is 0 Å². The summed E-state index contributed by atoms with van der Waals surface area (Å²) >= 11 is 0. The maximum Gasteiger partial charge on any atom is 0.123 e. The highest BCUT2D eigenvalue weighted by Gasteiger charge is 2.11. The second-order valence-corrected chi connectivity index (χ2v) is 8.08. The lowest BCUT2D eigenvalue weighted by atomic mass is 9.98. The van der Waals surface area contributed by atoms with E-state index in [2.05, 4.69) is 51.6 Å². The summed E-state index contributed by atoms with van der Waals surface area (Å²) in [4.78, 5) is 0. The molecule has 0 aliphatic carbocycles. The van der Waals surface area contributed by atoms with Crippen LogP contribution < -0.4 is 0 Å². The molecular formula is C25H42O. The summed E-state index contributed by atoms with van der Waals surface area (Å²) in [5.41, 5.74) is 2.75. The van der Waals surface area contributed by atoms with Crippen LogP contribution in [0.25, 0.3) is 0 Å². The molecule has 1 aromatic carbocycles. The molecule has 0 spiro atoms. The van der Waals surface area contributed by atoms with Gasteiger partial charge in [0.25, 0.3) is 0 Å². The normalized spacial score (nSPS) is 12.3. The van der Waals surface area contributed by atoms with E-state index in [1.165, 1.54) is 81.8 Å². The monoisotopic (exact) mass is 358 g/mol. The van der Waals surface area contributed by atoms with Gasteiger partial charge in [0.15, 0.2) is 0 Å². The molecule has 148 valence electrons. The van der Waals surface area contributed by atoms with Crippen LogP contribution in [0.15, 0.2) is 37.1 Å². The molecule has 0 fully saturated rings. The van der Waals surface area contributed by atoms with Crippen LogP contribution in [0.4, 0.5) is 0 Å². The van der Waals surface area contributed by atoms with E-state index in [-0.39, 0.29) is 6.10 Å². The number of unbranched alkanes of at least 4 members (excludes halogenated alkanes) is 7. The number of hydrogen-bond donors (Lipinski definition) is 0. The number of aryl methyl sites for hydroxylation is 1. The molecule has 0 bridgehead atoms. The minimum absolute atomic E-state index is 0.166. The quantitative estimate of drug-likeness (QED) is 0.213. The number of ether oxygens (including phenoxy) is 1. The number of rotatable bonds is 16. The fourth-order valence-electron chi connectivity index (χ4n) is 3.50. The average molecular weight is 359 g/mol. The summed E-state index contributed by atoms with van der Waals surface area (Å²) in [6.45, 7) is 10.6. The second-order valence-electron chi connectivity index (χ2n) is 8.08. The van der Waals surface area contributed by atoms with Gasteiger partial charge in [0, 0.05) is 0 Å². The Kier molecular flexibility index (Phi) is 13.0. The first-order valence-corrected chi connectivity index (χ1v) is 11.0. The summed E-state index contributed by atoms with van der Waals surface area (Å²) in [6.07, 6.45) is 17.4. The van der Waals surface area contributed by atoms with Gasteiger partial charge in [-0.15, -0.1) is 0 Å². The van der Waals surface area contributed by atoms with Crippen LogP contribution >= 0.6 is 0 Å². The van der Waals surface area contributed by atoms with E-state index in [1.54, 1.807) is 6.26 Å².